The number of carboxylic acids is 2. The first-order valence-corrected chi connectivity index (χ1v) is 7.74. The smallest absolute Gasteiger partial charge is 0.542 e. The third-order valence-electron chi connectivity index (χ3n) is 2.92. The quantitative estimate of drug-likeness (QED) is 0.328. The summed E-state index contributed by atoms with van der Waals surface area (Å²) in [5, 5.41) is 17.6. The van der Waals surface area contributed by atoms with E-state index in [2.05, 4.69) is 36.0 Å². The molecule has 0 spiro atoms. The Morgan fingerprint density at radius 3 is 1.61 bits per heavy atom. The molecule has 2 rings (SSSR count). The Morgan fingerprint density at radius 1 is 0.871 bits per heavy atom. The molecule has 1 heterocycles. The van der Waals surface area contributed by atoms with Gasteiger partial charge in [0.1, 0.15) is 11.9 Å². The van der Waals surface area contributed by atoms with Gasteiger partial charge in [-0.1, -0.05) is 24.3 Å². The number of pyridine rings is 1. The molecule has 13 heteroatoms. The van der Waals surface area contributed by atoms with Crippen LogP contribution in [0.3, 0.4) is 0 Å². The first-order chi connectivity index (χ1) is 13.7. The van der Waals surface area contributed by atoms with Gasteiger partial charge in [0.15, 0.2) is 0 Å². The van der Waals surface area contributed by atoms with Gasteiger partial charge in [0.25, 0.3) is 0 Å². The molecule has 0 radical (unpaired) electrons. The summed E-state index contributed by atoms with van der Waals surface area (Å²) in [6.07, 6.45) is -6.82. The third kappa shape index (κ3) is 13.2. The second-order valence-electron chi connectivity index (χ2n) is 5.32. The summed E-state index contributed by atoms with van der Waals surface area (Å²) in [6, 6.07) is 12.0. The molecule has 0 aliphatic rings. The minimum Gasteiger partial charge on any atom is -0.542 e. The monoisotopic (exact) mass is 542 g/mol. The number of alkyl halides is 6. The average molecular weight is 543 g/mol. The third-order valence-corrected chi connectivity index (χ3v) is 2.92. The maximum absolute atomic E-state index is 10.5. The van der Waals surface area contributed by atoms with Gasteiger partial charge in [-0.3, -0.25) is 9.98 Å². The van der Waals surface area contributed by atoms with E-state index in [1.54, 1.807) is 12.4 Å². The molecule has 0 saturated heterocycles. The zero-order valence-corrected chi connectivity index (χ0v) is 17.3. The van der Waals surface area contributed by atoms with Crippen molar-refractivity contribution in [2.75, 3.05) is 0 Å². The maximum Gasteiger partial charge on any atom is 2.00 e. The number of para-hydroxylation sites is 1. The summed E-state index contributed by atoms with van der Waals surface area (Å²) < 4.78 is 63.1. The van der Waals surface area contributed by atoms with E-state index in [1.165, 1.54) is 11.1 Å². The Hall–Kier alpha value is -2.78. The van der Waals surface area contributed by atoms with Crippen molar-refractivity contribution >= 4 is 23.8 Å². The molecule has 6 nitrogen and oxygen atoms in total. The number of rotatable bonds is 2. The van der Waals surface area contributed by atoms with Crippen molar-refractivity contribution in [1.82, 2.24) is 4.98 Å². The van der Waals surface area contributed by atoms with Gasteiger partial charge >= 0.3 is 32.8 Å². The fourth-order valence-corrected chi connectivity index (χ4v) is 1.59. The van der Waals surface area contributed by atoms with Crippen molar-refractivity contribution in [3.05, 3.63) is 59.4 Å². The number of nitrogens with zero attached hydrogens (tertiary/aromatic N) is 2. The van der Waals surface area contributed by atoms with Crippen molar-refractivity contribution in [1.29, 1.82) is 0 Å². The fourth-order valence-electron chi connectivity index (χ4n) is 1.59. The Labute approximate surface area is 186 Å². The van der Waals surface area contributed by atoms with E-state index < -0.39 is 24.3 Å². The number of carbonyl (C=O) groups excluding carboxylic acids is 2. The Balaban J connectivity index is 0. The molecule has 0 aliphatic carbocycles. The minimum atomic E-state index is -5.19. The van der Waals surface area contributed by atoms with Crippen molar-refractivity contribution in [3.63, 3.8) is 0 Å². The molecule has 0 amide bonds. The summed E-state index contributed by atoms with van der Waals surface area (Å²) in [5.74, 6) is -6.01. The van der Waals surface area contributed by atoms with Gasteiger partial charge in [-0.2, -0.15) is 26.3 Å². The van der Waals surface area contributed by atoms with Crippen LogP contribution in [0.1, 0.15) is 16.8 Å². The first-order valence-electron chi connectivity index (χ1n) is 7.74. The van der Waals surface area contributed by atoms with Crippen LogP contribution in [-0.4, -0.2) is 35.5 Å². The zero-order chi connectivity index (χ0) is 23.5. The van der Waals surface area contributed by atoms with E-state index in [0.717, 1.165) is 11.4 Å². The molecule has 0 fully saturated rings. The molecule has 0 saturated carbocycles. The number of hydrogen-bond acceptors (Lipinski definition) is 6. The number of carbonyl (C=O) groups is 2. The van der Waals surface area contributed by atoms with Gasteiger partial charge in [0.05, 0.1) is 17.6 Å². The number of hydrogen-bond donors (Lipinski definition) is 0. The molecule has 1 aromatic carbocycles. The minimum absolute atomic E-state index is 0. The number of carboxylic acid groups (broad SMARTS) is 2. The Kier molecular flexibility index (Phi) is 13.3. The van der Waals surface area contributed by atoms with E-state index in [4.69, 9.17) is 19.8 Å². The fraction of sp³-hybridized carbons (Fsp3) is 0.222. The Bertz CT molecular complexity index is 827. The maximum atomic E-state index is 10.5. The van der Waals surface area contributed by atoms with Crippen LogP contribution < -0.4 is 10.2 Å². The zero-order valence-electron chi connectivity index (χ0n) is 15.7. The number of aromatic nitrogens is 1. The predicted molar refractivity (Wildman–Crippen MR) is 89.5 cm³/mol. The van der Waals surface area contributed by atoms with Crippen LogP contribution >= 0.6 is 0 Å². The van der Waals surface area contributed by atoms with Crippen molar-refractivity contribution in [3.8, 4) is 0 Å². The molecule has 1 aromatic heterocycles. The van der Waals surface area contributed by atoms with E-state index in [1.807, 2.05) is 24.3 Å². The van der Waals surface area contributed by atoms with Crippen LogP contribution in [0.4, 0.5) is 32.0 Å². The average Bonchev–Trinajstić information content (AvgIpc) is 2.61. The number of halogens is 6. The molecular formula is C18H14F6N2O4Pd. The normalized spacial score (nSPS) is 10.7. The van der Waals surface area contributed by atoms with Gasteiger partial charge in [-0.05, 0) is 37.1 Å². The number of aryl methyl sites for hydroxylation is 2. The van der Waals surface area contributed by atoms with Crippen LogP contribution in [0.25, 0.3) is 0 Å². The van der Waals surface area contributed by atoms with Crippen LogP contribution in [0, 0.1) is 13.8 Å². The van der Waals surface area contributed by atoms with Crippen molar-refractivity contribution in [2.45, 2.75) is 26.2 Å². The molecule has 0 atom stereocenters. The summed E-state index contributed by atoms with van der Waals surface area (Å²) in [5.41, 5.74) is 4.29. The van der Waals surface area contributed by atoms with E-state index in [0.29, 0.717) is 0 Å². The summed E-state index contributed by atoms with van der Waals surface area (Å²) in [6.45, 7) is 4.14. The number of aliphatic imine (C=N–C) groups is 1. The molecule has 2 aromatic rings. The van der Waals surface area contributed by atoms with Crippen molar-refractivity contribution in [2.24, 2.45) is 4.99 Å². The van der Waals surface area contributed by atoms with E-state index in [9.17, 15) is 26.3 Å². The summed E-state index contributed by atoms with van der Waals surface area (Å²) >= 11 is 0. The number of benzene rings is 1. The summed E-state index contributed by atoms with van der Waals surface area (Å²) in [7, 11) is 0. The van der Waals surface area contributed by atoms with Crippen LogP contribution in [0.5, 0.6) is 0 Å². The van der Waals surface area contributed by atoms with Crippen molar-refractivity contribution < 1.29 is 66.6 Å². The van der Waals surface area contributed by atoms with Crippen LogP contribution in [0.15, 0.2) is 47.6 Å². The molecule has 172 valence electrons. The van der Waals surface area contributed by atoms with Crippen LogP contribution in [-0.2, 0) is 30.0 Å². The second-order valence-corrected chi connectivity index (χ2v) is 5.32. The standard InChI is InChI=1S/C14H14N2.2C2HF3O2.Pd/c1-11-6-5-7-12(2)14(11)16-10-13-8-3-4-9-15-13;2*3-2(4,5)1(6)7;/h3-10H,1-2H3;2*(H,6,7);/q;;;+2/p-2. The van der Waals surface area contributed by atoms with Gasteiger partial charge in [0.2, 0.25) is 0 Å². The van der Waals surface area contributed by atoms with Crippen LogP contribution in [0.2, 0.25) is 0 Å². The van der Waals surface area contributed by atoms with E-state index in [-0.39, 0.29) is 20.4 Å². The predicted octanol–water partition coefficient (Wildman–Crippen LogP) is 2.04. The van der Waals surface area contributed by atoms with Gasteiger partial charge in [0, 0.05) is 6.20 Å². The van der Waals surface area contributed by atoms with Gasteiger partial charge < -0.3 is 19.8 Å². The van der Waals surface area contributed by atoms with Gasteiger partial charge in [-0.15, -0.1) is 0 Å². The molecule has 31 heavy (non-hydrogen) atoms. The topological polar surface area (TPSA) is 106 Å². The Morgan fingerprint density at radius 2 is 1.29 bits per heavy atom. The largest absolute Gasteiger partial charge is 2.00 e. The SMILES string of the molecule is Cc1cccc(C)c1N=Cc1ccccn1.O=C([O-])C(F)(F)F.O=C([O-])C(F)(F)F.[Pd+2]. The molecule has 0 N–H and O–H groups in total. The molecule has 0 bridgehead atoms. The first kappa shape index (κ1) is 30.4. The van der Waals surface area contributed by atoms with E-state index >= 15 is 0 Å². The summed E-state index contributed by atoms with van der Waals surface area (Å²) in [4.78, 5) is 26.3. The second kappa shape index (κ2) is 13.5. The number of aliphatic carboxylic acids is 2. The molecule has 0 unspecified atom stereocenters. The van der Waals surface area contributed by atoms with Gasteiger partial charge in [-0.25, -0.2) is 0 Å². The molecule has 0 aliphatic heterocycles. The molecular weight excluding hydrogens is 529 g/mol.